The molecule has 0 aliphatic carbocycles. The Morgan fingerprint density at radius 1 is 1.03 bits per heavy atom. The van der Waals surface area contributed by atoms with Gasteiger partial charge in [-0.05, 0) is 35.9 Å². The summed E-state index contributed by atoms with van der Waals surface area (Å²) in [6.45, 7) is -0.983. The Kier molecular flexibility index (Phi) is 7.31. The topological polar surface area (TPSA) is 145 Å². The van der Waals surface area contributed by atoms with Gasteiger partial charge in [-0.1, -0.05) is 41.4 Å². The number of aromatic hydroxyl groups is 1. The summed E-state index contributed by atoms with van der Waals surface area (Å²) in [4.78, 5) is 30.0. The number of hydrogen-bond donors (Lipinski definition) is 5. The Morgan fingerprint density at radius 2 is 1.64 bits per heavy atom. The molecule has 4 aromatic rings. The lowest BCUT2D eigenvalue weighted by atomic mass is 10.1. The van der Waals surface area contributed by atoms with Crippen LogP contribution in [-0.4, -0.2) is 35.9 Å². The minimum absolute atomic E-state index is 0.190. The van der Waals surface area contributed by atoms with E-state index >= 15 is 0 Å². The Bertz CT molecular complexity index is 1660. The van der Waals surface area contributed by atoms with Crippen molar-refractivity contribution < 1.29 is 42.8 Å². The van der Waals surface area contributed by atoms with Crippen LogP contribution < -0.4 is 10.9 Å². The van der Waals surface area contributed by atoms with Crippen molar-refractivity contribution in [1.29, 1.82) is 0 Å². The normalized spacial score (nSPS) is 12.1. The van der Waals surface area contributed by atoms with Crippen LogP contribution >= 0.6 is 23.2 Å². The number of phenols is 1. The maximum Gasteiger partial charge on any atom is 0.416 e. The highest BCUT2D eigenvalue weighted by Crippen LogP contribution is 2.34. The van der Waals surface area contributed by atoms with E-state index in [1.807, 2.05) is 0 Å². The van der Waals surface area contributed by atoms with E-state index in [2.05, 4.69) is 10.3 Å². The van der Waals surface area contributed by atoms with Crippen molar-refractivity contribution in [2.24, 2.45) is 0 Å². The molecule has 0 unspecified atom stereocenters. The number of rotatable bonds is 5. The molecule has 0 atom stereocenters. The van der Waals surface area contributed by atoms with Crippen LogP contribution in [-0.2, 0) is 18.7 Å². The van der Waals surface area contributed by atoms with Crippen LogP contribution in [0.25, 0.3) is 10.9 Å². The molecular formula is C24H15Cl2F4N3O6. The van der Waals surface area contributed by atoms with Gasteiger partial charge in [-0.15, -0.1) is 0 Å². The lowest BCUT2D eigenvalue weighted by Gasteiger charge is -2.22. The molecule has 0 bridgehead atoms. The van der Waals surface area contributed by atoms with E-state index in [9.17, 15) is 47.6 Å². The zero-order chi connectivity index (χ0) is 28.9. The van der Waals surface area contributed by atoms with E-state index in [4.69, 9.17) is 23.2 Å². The van der Waals surface area contributed by atoms with Gasteiger partial charge in [0.15, 0.2) is 5.75 Å². The summed E-state index contributed by atoms with van der Waals surface area (Å²) in [6.07, 6.45) is -4.86. The zero-order valence-corrected chi connectivity index (χ0v) is 20.6. The molecule has 4 rings (SSSR count). The molecule has 0 spiro atoms. The minimum Gasteiger partial charge on any atom is -0.505 e. The quantitative estimate of drug-likeness (QED) is 0.175. The Hall–Kier alpha value is -3.75. The largest absolute Gasteiger partial charge is 0.505 e. The molecule has 0 saturated heterocycles. The van der Waals surface area contributed by atoms with Crippen LogP contribution in [0.15, 0.2) is 53.3 Å². The number of aromatic nitrogens is 2. The number of anilines is 1. The molecule has 0 aliphatic rings. The van der Waals surface area contributed by atoms with Crippen LogP contribution in [0, 0.1) is 5.82 Å². The Labute approximate surface area is 225 Å². The van der Waals surface area contributed by atoms with Crippen LogP contribution in [0.5, 0.6) is 5.75 Å². The predicted octanol–water partition coefficient (Wildman–Crippen LogP) is 3.95. The number of phenolic OH excluding ortho intramolecular Hbond substituents is 1. The molecule has 15 heteroatoms. The van der Waals surface area contributed by atoms with Gasteiger partial charge in [-0.25, -0.2) is 9.37 Å². The first-order valence-corrected chi connectivity index (χ1v) is 11.4. The smallest absolute Gasteiger partial charge is 0.416 e. The highest BCUT2D eigenvalue weighted by molar-refractivity contribution is 6.37. The van der Waals surface area contributed by atoms with Crippen LogP contribution in [0.3, 0.4) is 0 Å². The van der Waals surface area contributed by atoms with Gasteiger partial charge >= 0.3 is 12.1 Å². The maximum absolute atomic E-state index is 14.7. The highest BCUT2D eigenvalue weighted by Gasteiger charge is 2.35. The van der Waals surface area contributed by atoms with Gasteiger partial charge in [-0.2, -0.15) is 13.2 Å². The Morgan fingerprint density at radius 3 is 2.23 bits per heavy atom. The van der Waals surface area contributed by atoms with E-state index < -0.39 is 69.6 Å². The second-order valence-corrected chi connectivity index (χ2v) is 8.99. The van der Waals surface area contributed by atoms with E-state index in [1.165, 1.54) is 6.07 Å². The van der Waals surface area contributed by atoms with Gasteiger partial charge < -0.3 is 25.7 Å². The lowest BCUT2D eigenvalue weighted by molar-refractivity contribution is -0.330. The number of nitrogens with one attached hydrogen (secondary N) is 1. The van der Waals surface area contributed by atoms with Crippen molar-refractivity contribution >= 4 is 45.7 Å². The number of carbonyl (C=O) groups excluding carboxylic acids is 1. The van der Waals surface area contributed by atoms with E-state index in [-0.39, 0.29) is 21.3 Å². The number of halogens is 6. The first kappa shape index (κ1) is 28.3. The second-order valence-electron chi connectivity index (χ2n) is 8.18. The third-order valence-electron chi connectivity index (χ3n) is 5.54. The highest BCUT2D eigenvalue weighted by atomic mass is 35.5. The molecule has 0 fully saturated rings. The molecule has 1 amide bonds. The minimum atomic E-state index is -4.86. The number of fused-ring (bicyclic) bond motifs is 1. The average molecular weight is 588 g/mol. The summed E-state index contributed by atoms with van der Waals surface area (Å²) in [6, 6.07) is 7.86. The molecule has 1 heterocycles. The molecule has 5 N–H and O–H groups in total. The Balaban J connectivity index is 1.93. The summed E-state index contributed by atoms with van der Waals surface area (Å²) >= 11 is 11.7. The molecule has 1 aromatic heterocycles. The third kappa shape index (κ3) is 5.53. The molecule has 9 nitrogen and oxygen atoms in total. The molecular weight excluding hydrogens is 573 g/mol. The number of aliphatic hydroxyl groups is 3. The summed E-state index contributed by atoms with van der Waals surface area (Å²) in [5.74, 6) is -7.78. The van der Waals surface area contributed by atoms with Crippen LogP contribution in [0.2, 0.25) is 10.0 Å². The second kappa shape index (κ2) is 10.1. The van der Waals surface area contributed by atoms with Crippen molar-refractivity contribution in [2.45, 2.75) is 18.7 Å². The van der Waals surface area contributed by atoms with Crippen molar-refractivity contribution in [2.75, 3.05) is 5.32 Å². The number of amides is 1. The van der Waals surface area contributed by atoms with Crippen LogP contribution in [0.4, 0.5) is 23.2 Å². The SMILES string of the molecule is O=C(Nc1ccc(F)c2nc(C(O)(O)O)n(Cc3ccccc3C(F)(F)F)c(=O)c12)c1cc(Cl)c(O)c(Cl)c1. The monoisotopic (exact) mass is 587 g/mol. The molecule has 0 saturated carbocycles. The van der Waals surface area contributed by atoms with Gasteiger partial charge in [0, 0.05) is 5.56 Å². The summed E-state index contributed by atoms with van der Waals surface area (Å²) in [5.41, 5.74) is -4.42. The molecule has 0 radical (unpaired) electrons. The fourth-order valence-electron chi connectivity index (χ4n) is 3.79. The van der Waals surface area contributed by atoms with E-state index in [0.29, 0.717) is 4.57 Å². The first-order chi connectivity index (χ1) is 18.1. The van der Waals surface area contributed by atoms with Crippen molar-refractivity contribution in [3.05, 3.63) is 97.3 Å². The predicted molar refractivity (Wildman–Crippen MR) is 131 cm³/mol. The van der Waals surface area contributed by atoms with Crippen molar-refractivity contribution in [3.63, 3.8) is 0 Å². The summed E-state index contributed by atoms with van der Waals surface area (Å²) in [5, 5.41) is 40.2. The number of nitrogens with zero attached hydrogens (tertiary/aromatic N) is 2. The average Bonchev–Trinajstić information content (AvgIpc) is 2.84. The molecule has 3 aromatic carbocycles. The number of hydrogen-bond acceptors (Lipinski definition) is 7. The molecule has 204 valence electrons. The summed E-state index contributed by atoms with van der Waals surface area (Å²) < 4.78 is 55.7. The zero-order valence-electron chi connectivity index (χ0n) is 19.1. The van der Waals surface area contributed by atoms with Crippen molar-refractivity contribution in [1.82, 2.24) is 9.55 Å². The van der Waals surface area contributed by atoms with Crippen LogP contribution in [0.1, 0.15) is 27.3 Å². The van der Waals surface area contributed by atoms with Gasteiger partial charge in [0.2, 0.25) is 5.82 Å². The lowest BCUT2D eigenvalue weighted by Crippen LogP contribution is -2.37. The van der Waals surface area contributed by atoms with Gasteiger partial charge in [0.25, 0.3) is 11.5 Å². The number of benzene rings is 3. The van der Waals surface area contributed by atoms with Gasteiger partial charge in [0.05, 0.1) is 33.2 Å². The number of carbonyl (C=O) groups is 1. The summed E-state index contributed by atoms with van der Waals surface area (Å²) in [7, 11) is 0. The maximum atomic E-state index is 14.7. The third-order valence-corrected chi connectivity index (χ3v) is 6.12. The van der Waals surface area contributed by atoms with Gasteiger partial charge in [0.1, 0.15) is 11.3 Å². The molecule has 0 aliphatic heterocycles. The number of alkyl halides is 3. The fourth-order valence-corrected chi connectivity index (χ4v) is 4.28. The van der Waals surface area contributed by atoms with E-state index in [1.54, 1.807) is 0 Å². The van der Waals surface area contributed by atoms with E-state index in [0.717, 1.165) is 42.5 Å². The fraction of sp³-hybridized carbons (Fsp3) is 0.125. The van der Waals surface area contributed by atoms with Gasteiger partial charge in [-0.3, -0.25) is 14.2 Å². The molecule has 39 heavy (non-hydrogen) atoms. The van der Waals surface area contributed by atoms with Crippen molar-refractivity contribution in [3.8, 4) is 5.75 Å². The standard InChI is InChI=1S/C24H15Cl2F4N3O6/c25-13-7-11(8-14(26)19(13)34)20(35)31-16-6-5-15(27)18-17(16)21(36)33(22(32-18)24(37,38)39)9-10-3-1-2-4-12(10)23(28,29)30/h1-8,34,37-39H,9H2,(H,31,35). The first-order valence-electron chi connectivity index (χ1n) is 10.6.